The molecule has 1 amide bonds. The number of nitrogens with one attached hydrogen (secondary N) is 1. The van der Waals surface area contributed by atoms with Gasteiger partial charge in [0.2, 0.25) is 5.91 Å². The highest BCUT2D eigenvalue weighted by Gasteiger charge is 2.10. The van der Waals surface area contributed by atoms with E-state index in [1.807, 2.05) is 36.4 Å². The first-order valence-electron chi connectivity index (χ1n) is 7.10. The molecule has 0 radical (unpaired) electrons. The second-order valence-electron chi connectivity index (χ2n) is 5.12. The van der Waals surface area contributed by atoms with E-state index in [0.717, 1.165) is 27.3 Å². The van der Waals surface area contributed by atoms with E-state index in [1.54, 1.807) is 20.3 Å². The van der Waals surface area contributed by atoms with Gasteiger partial charge in [0, 0.05) is 22.5 Å². The number of rotatable bonds is 4. The van der Waals surface area contributed by atoms with Gasteiger partial charge in [0.15, 0.2) is 0 Å². The Morgan fingerprint density at radius 1 is 1.00 bits per heavy atom. The highest BCUT2D eigenvalue weighted by Crippen LogP contribution is 2.36. The maximum atomic E-state index is 11.5. The van der Waals surface area contributed by atoms with Crippen molar-refractivity contribution >= 4 is 44.7 Å². The number of methoxy groups -OCH3 is 2. The Hall–Kier alpha value is -2.46. The molecule has 0 atom stereocenters. The highest BCUT2D eigenvalue weighted by molar-refractivity contribution is 6.29. The van der Waals surface area contributed by atoms with Gasteiger partial charge < -0.3 is 14.8 Å². The predicted molar refractivity (Wildman–Crippen MR) is 93.9 cm³/mol. The molecule has 0 saturated heterocycles. The molecule has 118 valence electrons. The minimum absolute atomic E-state index is 0.0880. The molecule has 23 heavy (non-hydrogen) atoms. The Labute approximate surface area is 138 Å². The summed E-state index contributed by atoms with van der Waals surface area (Å²) in [7, 11) is 3.26. The van der Waals surface area contributed by atoms with Gasteiger partial charge in [-0.05, 0) is 35.0 Å². The van der Waals surface area contributed by atoms with Crippen LogP contribution in [0.25, 0.3) is 21.5 Å². The van der Waals surface area contributed by atoms with E-state index < -0.39 is 0 Å². The number of ether oxygens (including phenoxy) is 2. The van der Waals surface area contributed by atoms with Crippen molar-refractivity contribution < 1.29 is 14.3 Å². The summed E-state index contributed by atoms with van der Waals surface area (Å²) >= 11 is 5.55. The number of fused-ring (bicyclic) bond motifs is 2. The molecule has 3 aromatic carbocycles. The Morgan fingerprint density at radius 2 is 1.74 bits per heavy atom. The summed E-state index contributed by atoms with van der Waals surface area (Å²) in [6.45, 7) is 0. The number of benzene rings is 3. The van der Waals surface area contributed by atoms with Crippen LogP contribution in [0.1, 0.15) is 0 Å². The lowest BCUT2D eigenvalue weighted by Gasteiger charge is -2.12. The van der Waals surface area contributed by atoms with Crippen molar-refractivity contribution in [2.45, 2.75) is 0 Å². The molecule has 5 heteroatoms. The third kappa shape index (κ3) is 2.90. The molecular weight excluding hydrogens is 314 g/mol. The molecule has 4 nitrogen and oxygen atoms in total. The summed E-state index contributed by atoms with van der Waals surface area (Å²) in [5.41, 5.74) is 0.655. The van der Waals surface area contributed by atoms with Crippen LogP contribution in [0.2, 0.25) is 0 Å². The van der Waals surface area contributed by atoms with Crippen LogP contribution in [0.5, 0.6) is 11.5 Å². The Balaban J connectivity index is 2.25. The zero-order valence-electron chi connectivity index (χ0n) is 12.9. The summed E-state index contributed by atoms with van der Waals surface area (Å²) in [5, 5.41) is 6.74. The standard InChI is InChI=1S/C18H16ClNO3/c1-22-16-5-3-4-11-6-12-7-13(20-18(21)10-19)8-17(23-2)15(12)9-14(11)16/h3-9H,10H2,1-2H3,(H,20,21). The zero-order chi connectivity index (χ0) is 16.4. The molecule has 0 aliphatic rings. The number of hydrogen-bond donors (Lipinski definition) is 1. The van der Waals surface area contributed by atoms with Gasteiger partial charge in [-0.25, -0.2) is 0 Å². The summed E-state index contributed by atoms with van der Waals surface area (Å²) in [4.78, 5) is 11.5. The quantitative estimate of drug-likeness (QED) is 0.577. The smallest absolute Gasteiger partial charge is 0.239 e. The third-order valence-electron chi connectivity index (χ3n) is 3.72. The highest BCUT2D eigenvalue weighted by atomic mass is 35.5. The molecule has 0 saturated carbocycles. The Bertz CT molecular complexity index is 892. The van der Waals surface area contributed by atoms with Gasteiger partial charge in [-0.1, -0.05) is 12.1 Å². The summed E-state index contributed by atoms with van der Waals surface area (Å²) in [5.74, 6) is 1.15. The minimum atomic E-state index is -0.254. The van der Waals surface area contributed by atoms with Crippen molar-refractivity contribution in [2.75, 3.05) is 25.4 Å². The van der Waals surface area contributed by atoms with Crippen LogP contribution in [0.15, 0.2) is 42.5 Å². The Morgan fingerprint density at radius 3 is 2.43 bits per heavy atom. The second-order valence-corrected chi connectivity index (χ2v) is 5.38. The molecule has 0 spiro atoms. The normalized spacial score (nSPS) is 10.7. The number of carbonyl (C=O) groups is 1. The van der Waals surface area contributed by atoms with Gasteiger partial charge in [0.05, 0.1) is 14.2 Å². The van der Waals surface area contributed by atoms with Crippen LogP contribution < -0.4 is 14.8 Å². The van der Waals surface area contributed by atoms with Gasteiger partial charge in [-0.2, -0.15) is 0 Å². The molecule has 0 fully saturated rings. The van der Waals surface area contributed by atoms with E-state index >= 15 is 0 Å². The monoisotopic (exact) mass is 329 g/mol. The Kier molecular flexibility index (Phi) is 4.26. The van der Waals surface area contributed by atoms with Gasteiger partial charge in [-0.3, -0.25) is 4.79 Å². The number of amides is 1. The van der Waals surface area contributed by atoms with E-state index in [-0.39, 0.29) is 11.8 Å². The maximum absolute atomic E-state index is 11.5. The lowest BCUT2D eigenvalue weighted by Crippen LogP contribution is -2.12. The summed E-state index contributed by atoms with van der Waals surface area (Å²) in [6, 6.07) is 13.7. The number of anilines is 1. The van der Waals surface area contributed by atoms with Crippen LogP contribution in [0.3, 0.4) is 0 Å². The van der Waals surface area contributed by atoms with E-state index in [2.05, 4.69) is 5.32 Å². The zero-order valence-corrected chi connectivity index (χ0v) is 13.6. The van der Waals surface area contributed by atoms with Crippen molar-refractivity contribution in [3.63, 3.8) is 0 Å². The number of halogens is 1. The fraction of sp³-hybridized carbons (Fsp3) is 0.167. The van der Waals surface area contributed by atoms with Crippen LogP contribution >= 0.6 is 11.6 Å². The van der Waals surface area contributed by atoms with E-state index in [1.165, 1.54) is 0 Å². The van der Waals surface area contributed by atoms with Crippen molar-refractivity contribution in [1.82, 2.24) is 0 Å². The first-order valence-corrected chi connectivity index (χ1v) is 7.64. The molecular formula is C18H16ClNO3. The van der Waals surface area contributed by atoms with Crippen molar-refractivity contribution in [3.05, 3.63) is 42.5 Å². The first kappa shape index (κ1) is 15.4. The van der Waals surface area contributed by atoms with Crippen LogP contribution in [0, 0.1) is 0 Å². The van der Waals surface area contributed by atoms with Crippen molar-refractivity contribution in [1.29, 1.82) is 0 Å². The third-order valence-corrected chi connectivity index (χ3v) is 3.96. The predicted octanol–water partition coefficient (Wildman–Crippen LogP) is 4.19. The van der Waals surface area contributed by atoms with Gasteiger partial charge >= 0.3 is 0 Å². The molecule has 3 rings (SSSR count). The molecule has 0 unspecified atom stereocenters. The number of hydrogen-bond acceptors (Lipinski definition) is 3. The number of carbonyl (C=O) groups excluding carboxylic acids is 1. The van der Waals surface area contributed by atoms with Crippen LogP contribution in [-0.4, -0.2) is 26.0 Å². The average molecular weight is 330 g/mol. The van der Waals surface area contributed by atoms with Crippen molar-refractivity contribution in [2.24, 2.45) is 0 Å². The molecule has 3 aromatic rings. The lowest BCUT2D eigenvalue weighted by molar-refractivity contribution is -0.113. The fourth-order valence-electron chi connectivity index (χ4n) is 2.69. The maximum Gasteiger partial charge on any atom is 0.239 e. The molecule has 0 bridgehead atoms. The summed E-state index contributed by atoms with van der Waals surface area (Å²) < 4.78 is 10.9. The molecule has 0 aliphatic carbocycles. The second kappa shape index (κ2) is 6.34. The molecule has 0 aromatic heterocycles. The molecule has 0 aliphatic heterocycles. The van der Waals surface area contributed by atoms with E-state index in [4.69, 9.17) is 21.1 Å². The van der Waals surface area contributed by atoms with Crippen molar-refractivity contribution in [3.8, 4) is 11.5 Å². The first-order chi connectivity index (χ1) is 11.2. The largest absolute Gasteiger partial charge is 0.496 e. The topological polar surface area (TPSA) is 47.6 Å². The molecule has 1 N–H and O–H groups in total. The fourth-order valence-corrected chi connectivity index (χ4v) is 2.76. The van der Waals surface area contributed by atoms with E-state index in [9.17, 15) is 4.79 Å². The van der Waals surface area contributed by atoms with Gasteiger partial charge in [0.1, 0.15) is 17.4 Å². The van der Waals surface area contributed by atoms with Crippen LogP contribution in [0.4, 0.5) is 5.69 Å². The summed E-state index contributed by atoms with van der Waals surface area (Å²) in [6.07, 6.45) is 0. The SMILES string of the molecule is COc1cccc2cc3cc(NC(=O)CCl)cc(OC)c3cc12. The minimum Gasteiger partial charge on any atom is -0.496 e. The molecule has 0 heterocycles. The number of alkyl halides is 1. The van der Waals surface area contributed by atoms with E-state index in [0.29, 0.717) is 11.4 Å². The lowest BCUT2D eigenvalue weighted by atomic mass is 10.0. The van der Waals surface area contributed by atoms with Gasteiger partial charge in [0.25, 0.3) is 0 Å². The van der Waals surface area contributed by atoms with Crippen LogP contribution in [-0.2, 0) is 4.79 Å². The van der Waals surface area contributed by atoms with Gasteiger partial charge in [-0.15, -0.1) is 11.6 Å². The average Bonchev–Trinajstić information content (AvgIpc) is 2.58.